The molecule has 2 rings (SSSR count). The Morgan fingerprint density at radius 3 is 2.45 bits per heavy atom. The van der Waals surface area contributed by atoms with Gasteiger partial charge >= 0.3 is 6.03 Å². The lowest BCUT2D eigenvalue weighted by Gasteiger charge is -2.21. The van der Waals surface area contributed by atoms with Gasteiger partial charge in [0, 0.05) is 20.1 Å². The van der Waals surface area contributed by atoms with Crippen LogP contribution in [0.2, 0.25) is 0 Å². The van der Waals surface area contributed by atoms with E-state index in [-0.39, 0.29) is 55.0 Å². The van der Waals surface area contributed by atoms with Crippen LogP contribution in [0.4, 0.5) is 4.79 Å². The molecular formula is C21H34IN5O4. The summed E-state index contributed by atoms with van der Waals surface area (Å²) in [6.45, 7) is 8.16. The summed E-state index contributed by atoms with van der Waals surface area (Å²) in [6.07, 6.45) is 1.85. The van der Waals surface area contributed by atoms with Crippen LogP contribution in [0.1, 0.15) is 45.2 Å². The van der Waals surface area contributed by atoms with Crippen molar-refractivity contribution >= 4 is 41.9 Å². The van der Waals surface area contributed by atoms with Crippen molar-refractivity contribution in [3.05, 3.63) is 23.8 Å². The van der Waals surface area contributed by atoms with Gasteiger partial charge in [0.25, 0.3) is 0 Å². The Hall–Kier alpha value is -2.24. The normalized spacial score (nSPS) is 14.6. The van der Waals surface area contributed by atoms with Crippen molar-refractivity contribution in [2.75, 3.05) is 39.9 Å². The molecule has 3 N–H and O–H groups in total. The molecule has 0 aliphatic carbocycles. The van der Waals surface area contributed by atoms with Crippen LogP contribution in [0.5, 0.6) is 11.5 Å². The number of urea groups is 1. The van der Waals surface area contributed by atoms with Crippen LogP contribution in [-0.2, 0) is 4.79 Å². The molecule has 31 heavy (non-hydrogen) atoms. The molecule has 174 valence electrons. The minimum atomic E-state index is -0.358. The van der Waals surface area contributed by atoms with Crippen LogP contribution in [0.25, 0.3) is 0 Å². The number of imide groups is 1. The number of hydrogen-bond donors (Lipinski definition) is 3. The van der Waals surface area contributed by atoms with Gasteiger partial charge in [-0.15, -0.1) is 24.0 Å². The second-order valence-corrected chi connectivity index (χ2v) is 6.97. The Bertz CT molecular complexity index is 743. The highest BCUT2D eigenvalue weighted by molar-refractivity contribution is 14.0. The number of amides is 3. The van der Waals surface area contributed by atoms with E-state index in [0.29, 0.717) is 25.7 Å². The number of guanidine groups is 1. The fourth-order valence-electron chi connectivity index (χ4n) is 2.90. The zero-order valence-electron chi connectivity index (χ0n) is 18.7. The molecule has 1 aliphatic heterocycles. The molecule has 1 unspecified atom stereocenters. The zero-order chi connectivity index (χ0) is 21.9. The number of carbonyl (C=O) groups excluding carboxylic acids is 2. The number of halogens is 1. The molecule has 1 aromatic rings. The lowest BCUT2D eigenvalue weighted by molar-refractivity contribution is -0.124. The van der Waals surface area contributed by atoms with Gasteiger partial charge in [0.1, 0.15) is 0 Å². The van der Waals surface area contributed by atoms with E-state index in [4.69, 9.17) is 9.47 Å². The van der Waals surface area contributed by atoms with Crippen molar-refractivity contribution in [1.82, 2.24) is 20.9 Å². The molecule has 0 radical (unpaired) electrons. The van der Waals surface area contributed by atoms with Crippen molar-refractivity contribution in [2.45, 2.75) is 39.7 Å². The molecule has 0 aromatic heterocycles. The van der Waals surface area contributed by atoms with E-state index < -0.39 is 0 Å². The molecule has 1 aromatic carbocycles. The van der Waals surface area contributed by atoms with E-state index in [0.717, 1.165) is 29.9 Å². The van der Waals surface area contributed by atoms with Gasteiger partial charge in [-0.25, -0.2) is 4.79 Å². The summed E-state index contributed by atoms with van der Waals surface area (Å²) in [5.41, 5.74) is 1.03. The van der Waals surface area contributed by atoms with E-state index >= 15 is 0 Å². The first-order chi connectivity index (χ1) is 14.5. The molecule has 0 spiro atoms. The average molecular weight is 547 g/mol. The topological polar surface area (TPSA) is 104 Å². The molecule has 10 heteroatoms. The monoisotopic (exact) mass is 547 g/mol. The van der Waals surface area contributed by atoms with Gasteiger partial charge in [-0.3, -0.25) is 14.7 Å². The second-order valence-electron chi connectivity index (χ2n) is 6.97. The number of aliphatic imine (C=N–C) groups is 1. The number of hydrogen-bond acceptors (Lipinski definition) is 5. The maximum atomic E-state index is 11.6. The lowest BCUT2D eigenvalue weighted by atomic mass is 10.1. The predicted molar refractivity (Wildman–Crippen MR) is 131 cm³/mol. The summed E-state index contributed by atoms with van der Waals surface area (Å²) in [7, 11) is 1.67. The fraction of sp³-hybridized carbons (Fsp3) is 0.571. The van der Waals surface area contributed by atoms with Gasteiger partial charge < -0.3 is 25.4 Å². The average Bonchev–Trinajstić information content (AvgIpc) is 3.07. The van der Waals surface area contributed by atoms with E-state index in [1.165, 1.54) is 4.90 Å². The highest BCUT2D eigenvalue weighted by Crippen LogP contribution is 2.31. The first-order valence-electron chi connectivity index (χ1n) is 10.4. The number of rotatable bonds is 11. The summed E-state index contributed by atoms with van der Waals surface area (Å²) in [4.78, 5) is 28.6. The summed E-state index contributed by atoms with van der Waals surface area (Å²) in [5, 5.41) is 8.95. The molecule has 1 heterocycles. The van der Waals surface area contributed by atoms with Gasteiger partial charge in [-0.1, -0.05) is 19.9 Å². The lowest BCUT2D eigenvalue weighted by Crippen LogP contribution is -2.43. The maximum Gasteiger partial charge on any atom is 0.324 e. The Morgan fingerprint density at radius 1 is 1.19 bits per heavy atom. The molecular weight excluding hydrogens is 513 g/mol. The van der Waals surface area contributed by atoms with Crippen molar-refractivity contribution in [3.8, 4) is 11.5 Å². The predicted octanol–water partition coefficient (Wildman–Crippen LogP) is 2.66. The van der Waals surface area contributed by atoms with Crippen LogP contribution in [-0.4, -0.2) is 62.7 Å². The van der Waals surface area contributed by atoms with Crippen molar-refractivity contribution in [1.29, 1.82) is 0 Å². The highest BCUT2D eigenvalue weighted by atomic mass is 127. The molecule has 1 atom stereocenters. The van der Waals surface area contributed by atoms with Gasteiger partial charge in [-0.2, -0.15) is 0 Å². The van der Waals surface area contributed by atoms with Crippen molar-refractivity contribution < 1.29 is 19.1 Å². The first kappa shape index (κ1) is 26.8. The number of benzene rings is 1. The van der Waals surface area contributed by atoms with E-state index in [1.54, 1.807) is 7.05 Å². The molecule has 3 amide bonds. The Labute approximate surface area is 201 Å². The Morgan fingerprint density at radius 2 is 1.87 bits per heavy atom. The van der Waals surface area contributed by atoms with Crippen LogP contribution >= 0.6 is 24.0 Å². The summed E-state index contributed by atoms with van der Waals surface area (Å²) < 4.78 is 11.7. The number of nitrogens with zero attached hydrogens (tertiary/aromatic N) is 2. The van der Waals surface area contributed by atoms with E-state index in [9.17, 15) is 9.59 Å². The van der Waals surface area contributed by atoms with E-state index in [1.807, 2.05) is 25.1 Å². The third-order valence-corrected chi connectivity index (χ3v) is 4.53. The highest BCUT2D eigenvalue weighted by Gasteiger charge is 2.27. The molecule has 1 aliphatic rings. The maximum absolute atomic E-state index is 11.6. The van der Waals surface area contributed by atoms with Crippen LogP contribution in [0.15, 0.2) is 23.2 Å². The Balaban J connectivity index is 0.00000480. The molecule has 1 fully saturated rings. The molecule has 0 bridgehead atoms. The SMILES string of the molecule is CCCOc1ccc(C(C)NC(=NC)NCCN2C(=O)CNC2=O)cc1OCCC.I. The minimum Gasteiger partial charge on any atom is -0.490 e. The first-order valence-corrected chi connectivity index (χ1v) is 10.4. The second kappa shape index (κ2) is 13.9. The minimum absolute atomic E-state index is 0. The quantitative estimate of drug-likeness (QED) is 0.170. The molecule has 0 saturated carbocycles. The summed E-state index contributed by atoms with van der Waals surface area (Å²) in [5.74, 6) is 1.84. The van der Waals surface area contributed by atoms with Crippen LogP contribution < -0.4 is 25.4 Å². The summed E-state index contributed by atoms with van der Waals surface area (Å²) in [6, 6.07) is 5.52. The van der Waals surface area contributed by atoms with E-state index in [2.05, 4.69) is 34.8 Å². The number of ether oxygens (including phenoxy) is 2. The van der Waals surface area contributed by atoms with Crippen LogP contribution in [0, 0.1) is 0 Å². The smallest absolute Gasteiger partial charge is 0.324 e. The zero-order valence-corrected chi connectivity index (χ0v) is 21.0. The van der Waals surface area contributed by atoms with Crippen molar-refractivity contribution in [3.63, 3.8) is 0 Å². The number of carbonyl (C=O) groups is 2. The largest absolute Gasteiger partial charge is 0.490 e. The van der Waals surface area contributed by atoms with Gasteiger partial charge in [0.2, 0.25) is 5.91 Å². The standard InChI is InChI=1S/C21H33N5O4.HI/c1-5-11-29-17-8-7-16(13-18(17)30-12-6-2)15(3)25-20(22-4)23-9-10-26-19(27)14-24-21(26)28;/h7-8,13,15H,5-6,9-12,14H2,1-4H3,(H,24,28)(H2,22,23,25);1H. The summed E-state index contributed by atoms with van der Waals surface area (Å²) >= 11 is 0. The van der Waals surface area contributed by atoms with Gasteiger partial charge in [0.05, 0.1) is 25.8 Å². The van der Waals surface area contributed by atoms with Crippen molar-refractivity contribution in [2.24, 2.45) is 4.99 Å². The Kier molecular flexibility index (Phi) is 12.1. The van der Waals surface area contributed by atoms with Gasteiger partial charge in [0.15, 0.2) is 17.5 Å². The fourth-order valence-corrected chi connectivity index (χ4v) is 2.90. The third-order valence-electron chi connectivity index (χ3n) is 4.53. The number of nitrogens with one attached hydrogen (secondary N) is 3. The third kappa shape index (κ3) is 8.08. The van der Waals surface area contributed by atoms with Crippen LogP contribution in [0.3, 0.4) is 0 Å². The molecule has 1 saturated heterocycles. The molecule has 9 nitrogen and oxygen atoms in total. The van der Waals surface area contributed by atoms with Gasteiger partial charge in [-0.05, 0) is 37.5 Å².